The average Bonchev–Trinajstić information content (AvgIpc) is 3.19. The Balaban J connectivity index is 0.00000212. The summed E-state index contributed by atoms with van der Waals surface area (Å²) in [6.45, 7) is 24.7. The Morgan fingerprint density at radius 1 is 1.06 bits per heavy atom. The van der Waals surface area contributed by atoms with E-state index in [1.807, 2.05) is 58.9 Å². The molecule has 0 saturated carbocycles. The van der Waals surface area contributed by atoms with Gasteiger partial charge >= 0.3 is 0 Å². The summed E-state index contributed by atoms with van der Waals surface area (Å²) in [5.74, 6) is 0.826. The van der Waals surface area contributed by atoms with Gasteiger partial charge in [-0.3, -0.25) is 0 Å². The molecule has 0 amide bonds. The number of aromatic hydroxyl groups is 1. The van der Waals surface area contributed by atoms with Gasteiger partial charge in [0, 0.05) is 5.57 Å². The lowest BCUT2D eigenvalue weighted by atomic mass is 9.72. The molecule has 0 atom stereocenters. The minimum atomic E-state index is -0.0555. The van der Waals surface area contributed by atoms with Crippen molar-refractivity contribution in [2.45, 2.75) is 81.1 Å². The number of benzene rings is 1. The van der Waals surface area contributed by atoms with Crippen LogP contribution >= 0.6 is 0 Å². The summed E-state index contributed by atoms with van der Waals surface area (Å²) in [5.41, 5.74) is 2.52. The molecule has 0 saturated heterocycles. The Bertz CT molecular complexity index is 866. The molecule has 2 rings (SSSR count). The van der Waals surface area contributed by atoms with E-state index in [0.717, 1.165) is 17.6 Å². The summed E-state index contributed by atoms with van der Waals surface area (Å²) < 4.78 is 5.77. The van der Waals surface area contributed by atoms with Gasteiger partial charge in [0.1, 0.15) is 5.75 Å². The molecule has 31 heavy (non-hydrogen) atoms. The van der Waals surface area contributed by atoms with E-state index in [0.29, 0.717) is 17.3 Å². The van der Waals surface area contributed by atoms with E-state index in [2.05, 4.69) is 51.4 Å². The van der Waals surface area contributed by atoms with Crippen molar-refractivity contribution in [1.82, 2.24) is 10.2 Å². The van der Waals surface area contributed by atoms with Crippen molar-refractivity contribution in [1.29, 1.82) is 0 Å². The van der Waals surface area contributed by atoms with Gasteiger partial charge in [-0.25, -0.2) is 0 Å². The molecule has 0 aliphatic rings. The summed E-state index contributed by atoms with van der Waals surface area (Å²) in [6.07, 6.45) is 8.24. The van der Waals surface area contributed by atoms with Gasteiger partial charge in [-0.15, -0.1) is 10.2 Å². The van der Waals surface area contributed by atoms with E-state index in [1.54, 1.807) is 18.2 Å². The van der Waals surface area contributed by atoms with E-state index in [1.165, 1.54) is 0 Å². The van der Waals surface area contributed by atoms with Gasteiger partial charge in [-0.2, -0.15) is 0 Å². The van der Waals surface area contributed by atoms with E-state index in [-0.39, 0.29) is 16.6 Å². The first-order chi connectivity index (χ1) is 14.6. The van der Waals surface area contributed by atoms with Crippen LogP contribution in [0.25, 0.3) is 17.0 Å². The number of aromatic nitrogens is 2. The van der Waals surface area contributed by atoms with Crippen molar-refractivity contribution in [3.8, 4) is 17.2 Å². The van der Waals surface area contributed by atoms with E-state index in [9.17, 15) is 5.11 Å². The monoisotopic (exact) mass is 426 g/mol. The van der Waals surface area contributed by atoms with Gasteiger partial charge < -0.3 is 9.52 Å². The maximum Gasteiger partial charge on any atom is 0.251 e. The molecule has 172 valence electrons. The molecule has 0 spiro atoms. The first-order valence-electron chi connectivity index (χ1n) is 11.2. The van der Waals surface area contributed by atoms with Crippen LogP contribution in [0.4, 0.5) is 0 Å². The lowest BCUT2D eigenvalue weighted by Crippen LogP contribution is -2.24. The SMILES string of the molecule is C=C/C=C(\C=C/C)c1nnc(-c2ccc(C(C)(C)CC(C)(C)C)cc2O)o1.CC.CC. The van der Waals surface area contributed by atoms with Crippen LogP contribution in [0.3, 0.4) is 0 Å². The topological polar surface area (TPSA) is 59.2 Å². The molecule has 0 unspecified atom stereocenters. The molecule has 1 heterocycles. The van der Waals surface area contributed by atoms with E-state index < -0.39 is 0 Å². The van der Waals surface area contributed by atoms with Crippen molar-refractivity contribution in [3.63, 3.8) is 0 Å². The molecule has 1 aromatic carbocycles. The van der Waals surface area contributed by atoms with Crippen LogP contribution in [0, 0.1) is 5.41 Å². The van der Waals surface area contributed by atoms with Crippen LogP contribution in [0.1, 0.15) is 87.1 Å². The first-order valence-corrected chi connectivity index (χ1v) is 11.2. The maximum absolute atomic E-state index is 10.6. The fraction of sp³-hybridized carbons (Fsp3) is 0.481. The molecular weight excluding hydrogens is 384 g/mol. The molecule has 1 aromatic heterocycles. The summed E-state index contributed by atoms with van der Waals surface area (Å²) in [7, 11) is 0. The number of rotatable bonds is 6. The number of allylic oxidation sites excluding steroid dienone is 5. The minimum Gasteiger partial charge on any atom is -0.507 e. The predicted molar refractivity (Wildman–Crippen MR) is 134 cm³/mol. The van der Waals surface area contributed by atoms with Crippen LogP contribution in [0.5, 0.6) is 5.75 Å². The lowest BCUT2D eigenvalue weighted by Gasteiger charge is -2.33. The van der Waals surface area contributed by atoms with Gasteiger partial charge in [-0.05, 0) is 41.9 Å². The minimum absolute atomic E-state index is 0.0555. The lowest BCUT2D eigenvalue weighted by molar-refractivity contribution is 0.283. The second-order valence-corrected chi connectivity index (χ2v) is 8.62. The van der Waals surface area contributed by atoms with Crippen molar-refractivity contribution in [2.75, 3.05) is 0 Å². The Morgan fingerprint density at radius 2 is 1.68 bits per heavy atom. The van der Waals surface area contributed by atoms with Gasteiger partial charge in [0.2, 0.25) is 5.89 Å². The van der Waals surface area contributed by atoms with Gasteiger partial charge in [-0.1, -0.05) is 99.3 Å². The molecule has 4 heteroatoms. The molecule has 0 radical (unpaired) electrons. The second kappa shape index (κ2) is 12.9. The van der Waals surface area contributed by atoms with Crippen molar-refractivity contribution >= 4 is 5.57 Å². The standard InChI is InChI=1S/C23H30N2O2.2C2H6/c1-8-10-16(11-9-2)20-24-25-21(27-20)18-13-12-17(14-19(18)26)23(6,7)15-22(3,4)5;2*1-2/h8-14,26H,1,15H2,2-7H3;2*1-2H3/b11-9-,16-10+;;. The quantitative estimate of drug-likeness (QED) is 0.471. The largest absolute Gasteiger partial charge is 0.507 e. The zero-order valence-electron chi connectivity index (χ0n) is 21.2. The summed E-state index contributed by atoms with van der Waals surface area (Å²) in [4.78, 5) is 0. The third-order valence-electron chi connectivity index (χ3n) is 4.30. The highest BCUT2D eigenvalue weighted by molar-refractivity contribution is 5.71. The number of nitrogens with zero attached hydrogens (tertiary/aromatic N) is 2. The highest BCUT2D eigenvalue weighted by Crippen LogP contribution is 2.39. The van der Waals surface area contributed by atoms with Gasteiger partial charge in [0.15, 0.2) is 0 Å². The predicted octanol–water partition coefficient (Wildman–Crippen LogP) is 8.35. The van der Waals surface area contributed by atoms with Crippen LogP contribution in [-0.4, -0.2) is 15.3 Å². The third kappa shape index (κ3) is 8.56. The van der Waals surface area contributed by atoms with Crippen molar-refractivity contribution < 1.29 is 9.52 Å². The molecule has 0 bridgehead atoms. The van der Waals surface area contributed by atoms with Crippen LogP contribution in [0.15, 0.2) is 53.5 Å². The average molecular weight is 427 g/mol. The Hall–Kier alpha value is -2.62. The number of hydrogen-bond acceptors (Lipinski definition) is 4. The number of phenols is 1. The number of hydrogen-bond donors (Lipinski definition) is 1. The Labute approximate surface area is 189 Å². The Morgan fingerprint density at radius 3 is 2.16 bits per heavy atom. The normalized spacial score (nSPS) is 12.0. The van der Waals surface area contributed by atoms with Gasteiger partial charge in [0.25, 0.3) is 5.89 Å². The summed E-state index contributed by atoms with van der Waals surface area (Å²) in [6, 6.07) is 5.67. The number of phenolic OH excluding ortho intramolecular Hbond substituents is 1. The molecule has 1 N–H and O–H groups in total. The van der Waals surface area contributed by atoms with Crippen molar-refractivity contribution in [2.24, 2.45) is 5.41 Å². The first kappa shape index (κ1) is 28.4. The summed E-state index contributed by atoms with van der Waals surface area (Å²) >= 11 is 0. The highest BCUT2D eigenvalue weighted by Gasteiger charge is 2.28. The zero-order valence-corrected chi connectivity index (χ0v) is 21.2. The highest BCUT2D eigenvalue weighted by atomic mass is 16.4. The Kier molecular flexibility index (Phi) is 11.8. The molecule has 4 nitrogen and oxygen atoms in total. The third-order valence-corrected chi connectivity index (χ3v) is 4.30. The molecule has 2 aromatic rings. The smallest absolute Gasteiger partial charge is 0.251 e. The maximum atomic E-state index is 10.6. The molecular formula is C27H42N2O2. The van der Waals surface area contributed by atoms with Gasteiger partial charge in [0.05, 0.1) is 5.56 Å². The molecule has 0 fully saturated rings. The fourth-order valence-electron chi connectivity index (χ4n) is 3.51. The van der Waals surface area contributed by atoms with Crippen LogP contribution in [0.2, 0.25) is 0 Å². The molecule has 0 aliphatic heterocycles. The van der Waals surface area contributed by atoms with Crippen molar-refractivity contribution in [3.05, 3.63) is 60.5 Å². The second-order valence-electron chi connectivity index (χ2n) is 8.62. The van der Waals surface area contributed by atoms with Crippen LogP contribution < -0.4 is 0 Å². The van der Waals surface area contributed by atoms with E-state index >= 15 is 0 Å². The fourth-order valence-corrected chi connectivity index (χ4v) is 3.51. The molecule has 0 aliphatic carbocycles. The summed E-state index contributed by atoms with van der Waals surface area (Å²) in [5, 5.41) is 18.8. The zero-order chi connectivity index (χ0) is 24.2. The van der Waals surface area contributed by atoms with E-state index in [4.69, 9.17) is 4.42 Å². The van der Waals surface area contributed by atoms with Crippen LogP contribution in [-0.2, 0) is 5.41 Å².